The molecule has 0 aromatic heterocycles. The van der Waals surface area contributed by atoms with Gasteiger partial charge in [0, 0.05) is 13.1 Å². The van der Waals surface area contributed by atoms with Gasteiger partial charge < -0.3 is 10.5 Å². The molecule has 18 heavy (non-hydrogen) atoms. The third-order valence-electron chi connectivity index (χ3n) is 3.17. The highest BCUT2D eigenvalue weighted by atomic mass is 32.2. The lowest BCUT2D eigenvalue weighted by molar-refractivity contribution is -0.142. The third-order valence-corrected chi connectivity index (χ3v) is 5.04. The first kappa shape index (κ1) is 15.4. The van der Waals surface area contributed by atoms with Crippen molar-refractivity contribution in [3.8, 4) is 0 Å². The van der Waals surface area contributed by atoms with E-state index in [0.717, 1.165) is 12.8 Å². The molecular formula is C11H22N2O4S. The van der Waals surface area contributed by atoms with Gasteiger partial charge >= 0.3 is 5.97 Å². The van der Waals surface area contributed by atoms with E-state index in [1.807, 2.05) is 0 Å². The predicted molar refractivity (Wildman–Crippen MR) is 68.4 cm³/mol. The number of carbonyl (C=O) groups excluding carboxylic acids is 1. The average molecular weight is 278 g/mol. The van der Waals surface area contributed by atoms with E-state index in [9.17, 15) is 13.2 Å². The van der Waals surface area contributed by atoms with Crippen LogP contribution in [0.3, 0.4) is 0 Å². The largest absolute Gasteiger partial charge is 0.466 e. The molecule has 1 heterocycles. The molecule has 2 N–H and O–H groups in total. The number of esters is 1. The van der Waals surface area contributed by atoms with Crippen LogP contribution in [0.2, 0.25) is 0 Å². The Balaban J connectivity index is 2.42. The maximum atomic E-state index is 12.0. The standard InChI is InChI=1S/C11H22N2O4S/c1-2-17-11(14)5-8-18(15,16)13-6-3-10(9-12)4-7-13/h10H,2-9,12H2,1H3. The summed E-state index contributed by atoms with van der Waals surface area (Å²) >= 11 is 0. The van der Waals surface area contributed by atoms with Gasteiger partial charge in [-0.15, -0.1) is 0 Å². The van der Waals surface area contributed by atoms with E-state index >= 15 is 0 Å². The third kappa shape index (κ3) is 4.55. The highest BCUT2D eigenvalue weighted by molar-refractivity contribution is 7.89. The summed E-state index contributed by atoms with van der Waals surface area (Å²) in [4.78, 5) is 11.1. The van der Waals surface area contributed by atoms with E-state index in [1.54, 1.807) is 6.92 Å². The molecule has 0 radical (unpaired) electrons. The highest BCUT2D eigenvalue weighted by Gasteiger charge is 2.27. The summed E-state index contributed by atoms with van der Waals surface area (Å²) in [5, 5.41) is 0. The van der Waals surface area contributed by atoms with Crippen LogP contribution in [0.4, 0.5) is 0 Å². The number of carbonyl (C=O) groups is 1. The molecule has 0 aliphatic carbocycles. The summed E-state index contributed by atoms with van der Waals surface area (Å²) in [6.07, 6.45) is 1.53. The van der Waals surface area contributed by atoms with Gasteiger partial charge in [0.15, 0.2) is 0 Å². The van der Waals surface area contributed by atoms with Gasteiger partial charge in [0.1, 0.15) is 0 Å². The number of piperidine rings is 1. The van der Waals surface area contributed by atoms with Crippen molar-refractivity contribution in [1.82, 2.24) is 4.31 Å². The molecule has 0 aromatic carbocycles. The second kappa shape index (κ2) is 7.06. The Bertz CT molecular complexity index is 361. The van der Waals surface area contributed by atoms with Gasteiger partial charge in [-0.25, -0.2) is 12.7 Å². The van der Waals surface area contributed by atoms with Crippen LogP contribution in [0, 0.1) is 5.92 Å². The topological polar surface area (TPSA) is 89.7 Å². The monoisotopic (exact) mass is 278 g/mol. The Morgan fingerprint density at radius 1 is 1.39 bits per heavy atom. The van der Waals surface area contributed by atoms with E-state index in [-0.39, 0.29) is 18.8 Å². The zero-order valence-electron chi connectivity index (χ0n) is 10.8. The molecule has 0 aromatic rings. The number of hydrogen-bond donors (Lipinski definition) is 1. The molecule has 0 atom stereocenters. The first-order valence-corrected chi connectivity index (χ1v) is 7.94. The van der Waals surface area contributed by atoms with Gasteiger partial charge in [0.05, 0.1) is 18.8 Å². The number of hydrogen-bond acceptors (Lipinski definition) is 5. The van der Waals surface area contributed by atoms with Crippen molar-refractivity contribution in [2.45, 2.75) is 26.2 Å². The van der Waals surface area contributed by atoms with Gasteiger partial charge in [-0.1, -0.05) is 0 Å². The van der Waals surface area contributed by atoms with Crippen LogP contribution in [0.25, 0.3) is 0 Å². The summed E-state index contributed by atoms with van der Waals surface area (Å²) in [6.45, 7) is 3.60. The minimum absolute atomic E-state index is 0.0764. The quantitative estimate of drug-likeness (QED) is 0.687. The molecule has 0 amide bonds. The van der Waals surface area contributed by atoms with Gasteiger partial charge in [-0.05, 0) is 32.2 Å². The Labute approximate surface area is 109 Å². The Hall–Kier alpha value is -0.660. The Kier molecular flexibility index (Phi) is 6.04. The molecule has 0 spiro atoms. The summed E-state index contributed by atoms with van der Waals surface area (Å²) in [5.41, 5.74) is 5.56. The molecule has 1 saturated heterocycles. The normalized spacial score (nSPS) is 18.8. The van der Waals surface area contributed by atoms with Crippen molar-refractivity contribution < 1.29 is 17.9 Å². The number of ether oxygens (including phenoxy) is 1. The molecule has 1 aliphatic heterocycles. The van der Waals surface area contributed by atoms with Crippen molar-refractivity contribution in [3.63, 3.8) is 0 Å². The number of sulfonamides is 1. The lowest BCUT2D eigenvalue weighted by atomic mass is 9.99. The van der Waals surface area contributed by atoms with Crippen LogP contribution in [0.1, 0.15) is 26.2 Å². The van der Waals surface area contributed by atoms with Crippen LogP contribution in [-0.4, -0.2) is 50.7 Å². The first-order chi connectivity index (χ1) is 8.49. The minimum atomic E-state index is -3.34. The average Bonchev–Trinajstić information content (AvgIpc) is 2.37. The van der Waals surface area contributed by atoms with Crippen molar-refractivity contribution in [2.75, 3.05) is 32.0 Å². The van der Waals surface area contributed by atoms with Crippen LogP contribution < -0.4 is 5.73 Å². The van der Waals surface area contributed by atoms with Gasteiger partial charge in [-0.3, -0.25) is 4.79 Å². The molecule has 7 heteroatoms. The maximum absolute atomic E-state index is 12.0. The van der Waals surface area contributed by atoms with Crippen LogP contribution in [0.15, 0.2) is 0 Å². The molecule has 106 valence electrons. The van der Waals surface area contributed by atoms with Gasteiger partial charge in [0.2, 0.25) is 10.0 Å². The van der Waals surface area contributed by atoms with Crippen LogP contribution in [0.5, 0.6) is 0 Å². The minimum Gasteiger partial charge on any atom is -0.466 e. The molecule has 0 saturated carbocycles. The fraction of sp³-hybridized carbons (Fsp3) is 0.909. The second-order valence-electron chi connectivity index (χ2n) is 4.45. The molecular weight excluding hydrogens is 256 g/mol. The Morgan fingerprint density at radius 3 is 2.50 bits per heavy atom. The zero-order valence-corrected chi connectivity index (χ0v) is 11.6. The molecule has 1 rings (SSSR count). The number of nitrogens with two attached hydrogens (primary N) is 1. The van der Waals surface area contributed by atoms with Crippen molar-refractivity contribution in [2.24, 2.45) is 11.7 Å². The predicted octanol–water partition coefficient (Wildman–Crippen LogP) is -0.0599. The summed E-state index contributed by atoms with van der Waals surface area (Å²) in [7, 11) is -3.34. The van der Waals surface area contributed by atoms with Gasteiger partial charge in [-0.2, -0.15) is 0 Å². The van der Waals surface area contributed by atoms with E-state index in [2.05, 4.69) is 0 Å². The molecule has 6 nitrogen and oxygen atoms in total. The zero-order chi connectivity index (χ0) is 13.6. The van der Waals surface area contributed by atoms with E-state index in [1.165, 1.54) is 4.31 Å². The smallest absolute Gasteiger partial charge is 0.306 e. The van der Waals surface area contributed by atoms with Crippen molar-refractivity contribution >= 4 is 16.0 Å². The SMILES string of the molecule is CCOC(=O)CCS(=O)(=O)N1CCC(CN)CC1. The van der Waals surface area contributed by atoms with Crippen LogP contribution >= 0.6 is 0 Å². The van der Waals surface area contributed by atoms with E-state index in [0.29, 0.717) is 25.6 Å². The fourth-order valence-corrected chi connectivity index (χ4v) is 3.45. The van der Waals surface area contributed by atoms with Gasteiger partial charge in [0.25, 0.3) is 0 Å². The van der Waals surface area contributed by atoms with Crippen molar-refractivity contribution in [1.29, 1.82) is 0 Å². The second-order valence-corrected chi connectivity index (χ2v) is 6.54. The molecule has 0 bridgehead atoms. The maximum Gasteiger partial charge on any atom is 0.306 e. The lowest BCUT2D eigenvalue weighted by Crippen LogP contribution is -2.41. The molecule has 1 fully saturated rings. The molecule has 0 unspecified atom stereocenters. The lowest BCUT2D eigenvalue weighted by Gasteiger charge is -2.30. The Morgan fingerprint density at radius 2 is 2.00 bits per heavy atom. The highest BCUT2D eigenvalue weighted by Crippen LogP contribution is 2.19. The summed E-state index contributed by atoms with van der Waals surface area (Å²) < 4.78 is 30.1. The summed E-state index contributed by atoms with van der Waals surface area (Å²) in [5.74, 6) is -0.210. The van der Waals surface area contributed by atoms with E-state index in [4.69, 9.17) is 10.5 Å². The molecule has 1 aliphatic rings. The van der Waals surface area contributed by atoms with E-state index < -0.39 is 16.0 Å². The number of nitrogens with zero attached hydrogens (tertiary/aromatic N) is 1. The fourth-order valence-electron chi connectivity index (χ4n) is 2.00. The van der Waals surface area contributed by atoms with Crippen LogP contribution in [-0.2, 0) is 19.6 Å². The first-order valence-electron chi connectivity index (χ1n) is 6.33. The van der Waals surface area contributed by atoms with Crippen molar-refractivity contribution in [3.05, 3.63) is 0 Å². The number of rotatable bonds is 6. The summed E-state index contributed by atoms with van der Waals surface area (Å²) in [6, 6.07) is 0.